The Morgan fingerprint density at radius 2 is 1.94 bits per heavy atom. The van der Waals surface area contributed by atoms with Crippen LogP contribution < -0.4 is 5.32 Å². The zero-order valence-corrected chi connectivity index (χ0v) is 19.2. The molecule has 2 aromatic carbocycles. The van der Waals surface area contributed by atoms with E-state index in [4.69, 9.17) is 0 Å². The second-order valence-electron chi connectivity index (χ2n) is 7.80. The van der Waals surface area contributed by atoms with Gasteiger partial charge in [0, 0.05) is 18.8 Å². The topological polar surface area (TPSA) is 82.6 Å². The molecule has 1 saturated heterocycles. The molecule has 1 aromatic heterocycles. The van der Waals surface area contributed by atoms with E-state index in [0.29, 0.717) is 18.8 Å². The van der Waals surface area contributed by atoms with Gasteiger partial charge in [-0.2, -0.15) is 4.31 Å². The van der Waals surface area contributed by atoms with Crippen LogP contribution in [0.3, 0.4) is 0 Å². The molecule has 0 radical (unpaired) electrons. The molecule has 1 fully saturated rings. The van der Waals surface area contributed by atoms with Crippen LogP contribution in [0.1, 0.15) is 30.8 Å². The van der Waals surface area contributed by atoms with E-state index in [-0.39, 0.29) is 23.4 Å². The Kier molecular flexibility index (Phi) is 6.38. The molecule has 4 rings (SSSR count). The van der Waals surface area contributed by atoms with Crippen LogP contribution in [-0.4, -0.2) is 55.2 Å². The third kappa shape index (κ3) is 4.79. The lowest BCUT2D eigenvalue weighted by molar-refractivity contribution is -0.117. The average Bonchev–Trinajstić information content (AvgIpc) is 3.43. The normalized spacial score (nSPS) is 16.1. The summed E-state index contributed by atoms with van der Waals surface area (Å²) >= 11 is 1.63. The molecule has 2 heterocycles. The summed E-state index contributed by atoms with van der Waals surface area (Å²) in [5.41, 5.74) is 1.44. The third-order valence-electron chi connectivity index (χ3n) is 5.54. The van der Waals surface area contributed by atoms with E-state index in [9.17, 15) is 13.2 Å². The number of hydrogen-bond acceptors (Lipinski definition) is 6. The van der Waals surface area contributed by atoms with Crippen molar-refractivity contribution in [3.63, 3.8) is 0 Å². The van der Waals surface area contributed by atoms with Gasteiger partial charge in [-0.3, -0.25) is 9.69 Å². The van der Waals surface area contributed by atoms with Crippen molar-refractivity contribution in [1.82, 2.24) is 14.2 Å². The van der Waals surface area contributed by atoms with E-state index >= 15 is 0 Å². The first kappa shape index (κ1) is 21.9. The second-order valence-corrected chi connectivity index (χ2v) is 10.8. The van der Waals surface area contributed by atoms with Gasteiger partial charge in [-0.1, -0.05) is 18.2 Å². The van der Waals surface area contributed by atoms with Crippen molar-refractivity contribution in [3.05, 3.63) is 53.5 Å². The standard InChI is InChI=1S/C22H26N4O3S2/c1-16(22-24-19-10-3-4-11-20(19)30-22)25(2)15-21(27)23-17-8-7-9-18(14-17)31(28,29)26-12-5-6-13-26/h3-4,7-11,14,16H,5-6,12-13,15H2,1-2H3,(H,23,27). The van der Waals surface area contributed by atoms with E-state index in [1.807, 2.05) is 43.1 Å². The number of amides is 1. The quantitative estimate of drug-likeness (QED) is 0.584. The number of nitrogens with one attached hydrogen (secondary N) is 1. The molecule has 1 atom stereocenters. The molecule has 1 amide bonds. The average molecular weight is 459 g/mol. The lowest BCUT2D eigenvalue weighted by atomic mass is 10.3. The first-order chi connectivity index (χ1) is 14.8. The number of aromatic nitrogens is 1. The Labute approximate surface area is 186 Å². The van der Waals surface area contributed by atoms with Crippen LogP contribution in [0.2, 0.25) is 0 Å². The summed E-state index contributed by atoms with van der Waals surface area (Å²) < 4.78 is 28.2. The van der Waals surface area contributed by atoms with Crippen molar-refractivity contribution in [1.29, 1.82) is 0 Å². The predicted octanol–water partition coefficient (Wildman–Crippen LogP) is 3.71. The Morgan fingerprint density at radius 1 is 1.19 bits per heavy atom. The van der Waals surface area contributed by atoms with Crippen LogP contribution >= 0.6 is 11.3 Å². The van der Waals surface area contributed by atoms with Gasteiger partial charge in [0.05, 0.1) is 27.7 Å². The first-order valence-electron chi connectivity index (χ1n) is 10.3. The molecule has 164 valence electrons. The van der Waals surface area contributed by atoms with Crippen molar-refractivity contribution in [2.24, 2.45) is 0 Å². The summed E-state index contributed by atoms with van der Waals surface area (Å²) in [6.45, 7) is 3.29. The summed E-state index contributed by atoms with van der Waals surface area (Å²) in [5.74, 6) is -0.203. The van der Waals surface area contributed by atoms with Gasteiger partial charge in [0.1, 0.15) is 5.01 Å². The molecule has 3 aromatic rings. The smallest absolute Gasteiger partial charge is 0.243 e. The maximum absolute atomic E-state index is 12.8. The van der Waals surface area contributed by atoms with Crippen LogP contribution in [0.15, 0.2) is 53.4 Å². The molecule has 7 nitrogen and oxygen atoms in total. The van der Waals surface area contributed by atoms with Crippen LogP contribution in [0.5, 0.6) is 0 Å². The van der Waals surface area contributed by atoms with Crippen LogP contribution in [0, 0.1) is 0 Å². The third-order valence-corrected chi connectivity index (χ3v) is 8.64. The number of anilines is 1. The second kappa shape index (κ2) is 9.04. The van der Waals surface area contributed by atoms with E-state index in [0.717, 1.165) is 28.1 Å². The van der Waals surface area contributed by atoms with E-state index in [1.54, 1.807) is 29.5 Å². The van der Waals surface area contributed by atoms with Crippen molar-refractivity contribution in [2.75, 3.05) is 32.0 Å². The fourth-order valence-corrected chi connectivity index (χ4v) is 6.28. The maximum atomic E-state index is 12.8. The largest absolute Gasteiger partial charge is 0.325 e. The summed E-state index contributed by atoms with van der Waals surface area (Å²) in [7, 11) is -1.64. The SMILES string of the molecule is CC(c1nc2ccccc2s1)N(C)CC(=O)Nc1cccc(S(=O)(=O)N2CCCC2)c1. The highest BCUT2D eigenvalue weighted by molar-refractivity contribution is 7.89. The van der Waals surface area contributed by atoms with Gasteiger partial charge in [-0.15, -0.1) is 11.3 Å². The van der Waals surface area contributed by atoms with Gasteiger partial charge in [0.2, 0.25) is 15.9 Å². The fraction of sp³-hybridized carbons (Fsp3) is 0.364. The Bertz CT molecular complexity index is 1150. The monoisotopic (exact) mass is 458 g/mol. The first-order valence-corrected chi connectivity index (χ1v) is 12.6. The summed E-state index contributed by atoms with van der Waals surface area (Å²) in [5, 5.41) is 3.78. The van der Waals surface area contributed by atoms with E-state index in [1.165, 1.54) is 10.4 Å². The molecular formula is C22H26N4O3S2. The van der Waals surface area contributed by atoms with Gasteiger partial charge in [0.15, 0.2) is 0 Å². The Hall–Kier alpha value is -2.33. The number of likely N-dealkylation sites (N-methyl/N-ethyl adjacent to an activating group) is 1. The number of carbonyl (C=O) groups is 1. The van der Waals surface area contributed by atoms with Crippen LogP contribution in [-0.2, 0) is 14.8 Å². The lowest BCUT2D eigenvalue weighted by Gasteiger charge is -2.22. The molecule has 31 heavy (non-hydrogen) atoms. The molecule has 0 saturated carbocycles. The maximum Gasteiger partial charge on any atom is 0.243 e. The number of para-hydroxylation sites is 1. The van der Waals surface area contributed by atoms with Gasteiger partial charge in [-0.25, -0.2) is 13.4 Å². The zero-order chi connectivity index (χ0) is 22.0. The highest BCUT2D eigenvalue weighted by Crippen LogP contribution is 2.29. The molecule has 0 aliphatic carbocycles. The minimum Gasteiger partial charge on any atom is -0.325 e. The molecule has 9 heteroatoms. The molecule has 0 bridgehead atoms. The summed E-state index contributed by atoms with van der Waals surface area (Å²) in [6.07, 6.45) is 1.77. The highest BCUT2D eigenvalue weighted by atomic mass is 32.2. The number of fused-ring (bicyclic) bond motifs is 1. The van der Waals surface area contributed by atoms with Crippen LogP contribution in [0.4, 0.5) is 5.69 Å². The Morgan fingerprint density at radius 3 is 2.68 bits per heavy atom. The minimum atomic E-state index is -3.52. The number of benzene rings is 2. The highest BCUT2D eigenvalue weighted by Gasteiger charge is 2.27. The molecular weight excluding hydrogens is 432 g/mol. The number of sulfonamides is 1. The molecule has 1 aliphatic rings. The van der Waals surface area contributed by atoms with Crippen molar-refractivity contribution in [2.45, 2.75) is 30.7 Å². The number of nitrogens with zero attached hydrogens (tertiary/aromatic N) is 3. The molecule has 1 unspecified atom stereocenters. The van der Waals surface area contributed by atoms with E-state index < -0.39 is 10.0 Å². The number of rotatable bonds is 7. The number of carbonyl (C=O) groups excluding carboxylic acids is 1. The molecule has 0 spiro atoms. The molecule has 1 N–H and O–H groups in total. The lowest BCUT2D eigenvalue weighted by Crippen LogP contribution is -2.32. The van der Waals surface area contributed by atoms with Crippen molar-refractivity contribution < 1.29 is 13.2 Å². The van der Waals surface area contributed by atoms with Crippen LogP contribution in [0.25, 0.3) is 10.2 Å². The predicted molar refractivity (Wildman–Crippen MR) is 124 cm³/mol. The summed E-state index contributed by atoms with van der Waals surface area (Å²) in [4.78, 5) is 19.4. The fourth-order valence-electron chi connectivity index (χ4n) is 3.63. The van der Waals surface area contributed by atoms with Gasteiger partial charge in [0.25, 0.3) is 0 Å². The Balaban J connectivity index is 1.41. The van der Waals surface area contributed by atoms with Gasteiger partial charge < -0.3 is 5.32 Å². The molecule has 1 aliphatic heterocycles. The zero-order valence-electron chi connectivity index (χ0n) is 17.6. The van der Waals surface area contributed by atoms with Crippen molar-refractivity contribution >= 4 is 43.2 Å². The number of thiazole rings is 1. The van der Waals surface area contributed by atoms with Gasteiger partial charge in [-0.05, 0) is 57.1 Å². The number of hydrogen-bond donors (Lipinski definition) is 1. The van der Waals surface area contributed by atoms with Gasteiger partial charge >= 0.3 is 0 Å². The summed E-state index contributed by atoms with van der Waals surface area (Å²) in [6, 6.07) is 14.4. The minimum absolute atomic E-state index is 0.0231. The van der Waals surface area contributed by atoms with E-state index in [2.05, 4.69) is 10.3 Å². The van der Waals surface area contributed by atoms with Crippen molar-refractivity contribution in [3.8, 4) is 0 Å².